The summed E-state index contributed by atoms with van der Waals surface area (Å²) in [7, 11) is 1.47. The van der Waals surface area contributed by atoms with Crippen LogP contribution in [0.3, 0.4) is 0 Å². The maximum atomic E-state index is 13.4. The first-order valence-electron chi connectivity index (χ1n) is 10.3. The number of ether oxygens (including phenoxy) is 1. The maximum absolute atomic E-state index is 13.4. The number of rotatable bonds is 9. The molecule has 0 saturated heterocycles. The molecular weight excluding hydrogens is 413 g/mol. The Morgan fingerprint density at radius 3 is 2.72 bits per heavy atom. The molecule has 0 radical (unpaired) electrons. The molecule has 1 aliphatic carbocycles. The lowest BCUT2D eigenvalue weighted by atomic mass is 10.0. The van der Waals surface area contributed by atoms with E-state index in [2.05, 4.69) is 21.9 Å². The summed E-state index contributed by atoms with van der Waals surface area (Å²) in [6.07, 6.45) is 3.78. The number of benzene rings is 1. The number of nitrogens with one attached hydrogen (secondary N) is 1. The van der Waals surface area contributed by atoms with E-state index in [1.54, 1.807) is 12.1 Å². The van der Waals surface area contributed by atoms with Crippen LogP contribution in [0.5, 0.6) is 11.5 Å². The van der Waals surface area contributed by atoms with Gasteiger partial charge < -0.3 is 20.3 Å². The summed E-state index contributed by atoms with van der Waals surface area (Å²) in [5.41, 5.74) is 6.14. The number of phenols is 1. The quantitative estimate of drug-likeness (QED) is 0.517. The van der Waals surface area contributed by atoms with Gasteiger partial charge in [-0.25, -0.2) is 4.68 Å². The predicted octanol–water partition coefficient (Wildman–Crippen LogP) is 3.81. The van der Waals surface area contributed by atoms with E-state index in [9.17, 15) is 19.4 Å². The molecule has 32 heavy (non-hydrogen) atoms. The zero-order valence-electron chi connectivity index (χ0n) is 18.2. The summed E-state index contributed by atoms with van der Waals surface area (Å²) in [6, 6.07) is 6.11. The van der Waals surface area contributed by atoms with Crippen LogP contribution in [0.2, 0.25) is 0 Å². The van der Waals surface area contributed by atoms with Gasteiger partial charge in [-0.15, -0.1) is 0 Å². The third-order valence-electron chi connectivity index (χ3n) is 4.92. The maximum Gasteiger partial charge on any atom is 0.272 e. The Labute approximate surface area is 185 Å². The highest BCUT2D eigenvalue weighted by atomic mass is 19.1. The van der Waals surface area contributed by atoms with Gasteiger partial charge in [-0.3, -0.25) is 4.79 Å². The van der Waals surface area contributed by atoms with Crippen molar-refractivity contribution < 1.29 is 24.1 Å². The third kappa shape index (κ3) is 5.18. The highest BCUT2D eigenvalue weighted by molar-refractivity contribution is 5.94. The van der Waals surface area contributed by atoms with Crippen LogP contribution in [-0.2, 0) is 0 Å². The molecule has 0 fully saturated rings. The van der Waals surface area contributed by atoms with Crippen molar-refractivity contribution in [2.24, 2.45) is 5.92 Å². The van der Waals surface area contributed by atoms with Crippen molar-refractivity contribution in [3.05, 3.63) is 59.4 Å². The average Bonchev–Trinajstić information content (AvgIpc) is 3.18. The zero-order valence-corrected chi connectivity index (χ0v) is 18.2. The van der Waals surface area contributed by atoms with Crippen molar-refractivity contribution in [1.29, 1.82) is 0 Å². The standard InChI is InChI=1S/C24H26FN3O4/c1-15(2)13-17(11-12-29)26-24(31)19-14-20(23-21(30)5-4-6-22(23)32-3)28(27-19)18-9-7-16(25)8-10-18/h4-7,9,14-15,17,29-30H,11-13H2,1-3H3,(H,26,31)/t17-/m1/s1. The third-order valence-corrected chi connectivity index (χ3v) is 4.92. The number of hydrogen-bond donors (Lipinski definition) is 3. The van der Waals surface area contributed by atoms with Crippen molar-refractivity contribution in [2.75, 3.05) is 13.7 Å². The van der Waals surface area contributed by atoms with Crippen LogP contribution in [-0.4, -0.2) is 45.7 Å². The number of aromatic nitrogens is 2. The Balaban J connectivity index is 2.09. The number of phenolic OH excluding ortho intramolecular Hbond substituents is 1. The van der Waals surface area contributed by atoms with Gasteiger partial charge in [0.1, 0.15) is 17.2 Å². The van der Waals surface area contributed by atoms with Crippen LogP contribution in [0.15, 0.2) is 53.7 Å². The number of carbonyl (C=O) groups excluding carboxylic acids is 1. The average molecular weight is 439 g/mol. The van der Waals surface area contributed by atoms with E-state index >= 15 is 0 Å². The van der Waals surface area contributed by atoms with Crippen molar-refractivity contribution in [2.45, 2.75) is 32.7 Å². The van der Waals surface area contributed by atoms with Gasteiger partial charge in [-0.05, 0) is 60.6 Å². The van der Waals surface area contributed by atoms with E-state index in [0.717, 1.165) is 0 Å². The number of aliphatic hydroxyl groups excluding tert-OH is 1. The van der Waals surface area contributed by atoms with Gasteiger partial charge in [0.05, 0.1) is 18.4 Å². The van der Waals surface area contributed by atoms with E-state index in [0.29, 0.717) is 41.5 Å². The summed E-state index contributed by atoms with van der Waals surface area (Å²) in [4.78, 5) is 13.0. The molecule has 1 aromatic heterocycles. The molecule has 0 aliphatic heterocycles. The molecule has 1 heterocycles. The molecule has 1 atom stereocenters. The molecule has 168 valence electrons. The van der Waals surface area contributed by atoms with Gasteiger partial charge in [0.25, 0.3) is 5.91 Å². The summed E-state index contributed by atoms with van der Waals surface area (Å²) >= 11 is 0. The second kappa shape index (κ2) is 10.2. The molecule has 1 aromatic carbocycles. The molecule has 3 rings (SSSR count). The number of aliphatic hydroxyl groups is 1. The van der Waals surface area contributed by atoms with Crippen molar-refractivity contribution >= 4 is 11.6 Å². The van der Waals surface area contributed by atoms with E-state index in [1.807, 2.05) is 13.8 Å². The number of nitrogens with zero attached hydrogens (tertiary/aromatic N) is 2. The van der Waals surface area contributed by atoms with Crippen LogP contribution < -0.4 is 10.1 Å². The van der Waals surface area contributed by atoms with Crippen LogP contribution in [0.1, 0.15) is 37.2 Å². The highest BCUT2D eigenvalue weighted by Crippen LogP contribution is 2.39. The molecule has 0 unspecified atom stereocenters. The van der Waals surface area contributed by atoms with Crippen molar-refractivity contribution in [1.82, 2.24) is 15.1 Å². The molecule has 7 nitrogen and oxygen atoms in total. The minimum absolute atomic E-state index is 0.0488. The summed E-state index contributed by atoms with van der Waals surface area (Å²) in [5, 5.41) is 27.2. The van der Waals surface area contributed by atoms with Gasteiger partial charge >= 0.3 is 0 Å². The molecule has 0 spiro atoms. The van der Waals surface area contributed by atoms with Crippen molar-refractivity contribution in [3.8, 4) is 22.8 Å². The Bertz CT molecular complexity index is 1140. The van der Waals surface area contributed by atoms with Gasteiger partial charge in [-0.2, -0.15) is 9.49 Å². The molecule has 1 aliphatic rings. The highest BCUT2D eigenvalue weighted by Gasteiger charge is 2.24. The second-order valence-corrected chi connectivity index (χ2v) is 7.81. The SMILES string of the molecule is COc1cccc(O)c1-c1cc(C(=O)N[C@H](CCO)CC(C)C)nn1C1=C=C=C(F)C=C1. The molecule has 8 heteroatoms. The first kappa shape index (κ1) is 23.1. The summed E-state index contributed by atoms with van der Waals surface area (Å²) in [6.45, 7) is 4.02. The number of amides is 1. The first-order valence-corrected chi connectivity index (χ1v) is 10.3. The largest absolute Gasteiger partial charge is 0.507 e. The smallest absolute Gasteiger partial charge is 0.272 e. The number of halogens is 1. The topological polar surface area (TPSA) is 96.6 Å². The van der Waals surface area contributed by atoms with Gasteiger partial charge in [0, 0.05) is 12.6 Å². The fourth-order valence-electron chi connectivity index (χ4n) is 3.52. The molecule has 0 bridgehead atoms. The Morgan fingerprint density at radius 2 is 2.09 bits per heavy atom. The predicted molar refractivity (Wildman–Crippen MR) is 119 cm³/mol. The Kier molecular flexibility index (Phi) is 7.33. The molecule has 2 aromatic rings. The van der Waals surface area contributed by atoms with Crippen LogP contribution in [0, 0.1) is 5.92 Å². The summed E-state index contributed by atoms with van der Waals surface area (Å²) in [5.74, 6) is -0.371. The number of hydrogen-bond acceptors (Lipinski definition) is 5. The molecule has 0 saturated carbocycles. The Morgan fingerprint density at radius 1 is 1.31 bits per heavy atom. The molecule has 1 amide bonds. The molecule has 3 N–H and O–H groups in total. The van der Waals surface area contributed by atoms with Gasteiger partial charge in [-0.1, -0.05) is 19.9 Å². The van der Waals surface area contributed by atoms with Gasteiger partial charge in [0.15, 0.2) is 11.5 Å². The van der Waals surface area contributed by atoms with E-state index < -0.39 is 11.7 Å². The monoisotopic (exact) mass is 439 g/mol. The number of carbonyl (C=O) groups is 1. The van der Waals surface area contributed by atoms with E-state index in [-0.39, 0.29) is 24.1 Å². The van der Waals surface area contributed by atoms with Crippen molar-refractivity contribution in [3.63, 3.8) is 0 Å². The summed E-state index contributed by atoms with van der Waals surface area (Å²) < 4.78 is 20.2. The minimum atomic E-state index is -0.582. The lowest BCUT2D eigenvalue weighted by molar-refractivity contribution is 0.0919. The fourth-order valence-corrected chi connectivity index (χ4v) is 3.52. The van der Waals surface area contributed by atoms with Crippen LogP contribution in [0.4, 0.5) is 4.39 Å². The van der Waals surface area contributed by atoms with Gasteiger partial charge in [0.2, 0.25) is 0 Å². The van der Waals surface area contributed by atoms with Crippen LogP contribution in [0.25, 0.3) is 17.0 Å². The second-order valence-electron chi connectivity index (χ2n) is 7.81. The lowest BCUT2D eigenvalue weighted by Crippen LogP contribution is -2.36. The van der Waals surface area contributed by atoms with E-state index in [4.69, 9.17) is 4.74 Å². The number of aromatic hydroxyl groups is 1. The molecular formula is C24H26FN3O4. The normalized spacial score (nSPS) is 13.7. The van der Waals surface area contributed by atoms with E-state index in [1.165, 1.54) is 36.1 Å². The lowest BCUT2D eigenvalue weighted by Gasteiger charge is -2.19. The first-order chi connectivity index (χ1) is 15.3. The zero-order chi connectivity index (χ0) is 23.3. The Hall–Kier alpha value is -3.57. The minimum Gasteiger partial charge on any atom is -0.507 e. The fraction of sp³-hybridized carbons (Fsp3) is 0.333. The number of methoxy groups -OCH3 is 1. The number of allylic oxidation sites excluding steroid dienone is 4. The van der Waals surface area contributed by atoms with Crippen LogP contribution >= 0.6 is 0 Å².